The highest BCUT2D eigenvalue weighted by atomic mass is 16.5. The molecular weight excluding hydrogens is 280 g/mol. The molecule has 4 nitrogen and oxygen atoms in total. The van der Waals surface area contributed by atoms with Crippen molar-refractivity contribution in [2.75, 3.05) is 0 Å². The van der Waals surface area contributed by atoms with E-state index in [9.17, 15) is 9.90 Å². The Morgan fingerprint density at radius 2 is 1.82 bits per heavy atom. The molecule has 22 heavy (non-hydrogen) atoms. The number of hydrogen-bond acceptors (Lipinski definition) is 3. The number of ether oxygens (including phenoxy) is 1. The third kappa shape index (κ3) is 2.44. The number of furan rings is 1. The minimum absolute atomic E-state index is 0.150. The van der Waals surface area contributed by atoms with Gasteiger partial charge in [0, 0.05) is 0 Å². The summed E-state index contributed by atoms with van der Waals surface area (Å²) in [5.41, 5.74) is 2.39. The number of carboxylic acids is 1. The van der Waals surface area contributed by atoms with E-state index in [0.717, 1.165) is 11.1 Å². The molecule has 0 aliphatic heterocycles. The Labute approximate surface area is 127 Å². The molecular formula is C18H16O4. The molecule has 2 aromatic carbocycles. The molecule has 1 N–H and O–H groups in total. The molecule has 4 heteroatoms. The summed E-state index contributed by atoms with van der Waals surface area (Å²) in [6.07, 6.45) is -0.150. The molecule has 0 radical (unpaired) electrons. The zero-order chi connectivity index (χ0) is 15.7. The summed E-state index contributed by atoms with van der Waals surface area (Å²) in [4.78, 5) is 11.4. The molecule has 1 heterocycles. The van der Waals surface area contributed by atoms with Crippen LogP contribution >= 0.6 is 0 Å². The molecule has 0 amide bonds. The number of aromatic carboxylic acids is 1. The monoisotopic (exact) mass is 296 g/mol. The number of carboxylic acid groups (broad SMARTS) is 1. The van der Waals surface area contributed by atoms with Crippen LogP contribution in [-0.2, 0) is 0 Å². The number of rotatable bonds is 4. The van der Waals surface area contributed by atoms with E-state index in [4.69, 9.17) is 9.15 Å². The zero-order valence-electron chi connectivity index (χ0n) is 12.4. The van der Waals surface area contributed by atoms with Gasteiger partial charge in [-0.2, -0.15) is 0 Å². The minimum Gasteiger partial charge on any atom is -0.486 e. The van der Waals surface area contributed by atoms with Crippen LogP contribution in [0, 0.1) is 0 Å². The topological polar surface area (TPSA) is 59.7 Å². The van der Waals surface area contributed by atoms with Gasteiger partial charge in [-0.15, -0.1) is 0 Å². The lowest BCUT2D eigenvalue weighted by molar-refractivity contribution is 0.0656. The largest absolute Gasteiger partial charge is 0.486 e. The van der Waals surface area contributed by atoms with Gasteiger partial charge in [-0.1, -0.05) is 42.5 Å². The summed E-state index contributed by atoms with van der Waals surface area (Å²) in [5, 5.41) is 10.1. The fourth-order valence-electron chi connectivity index (χ4n) is 2.47. The third-order valence-corrected chi connectivity index (χ3v) is 3.30. The number of hydrogen-bond donors (Lipinski definition) is 1. The van der Waals surface area contributed by atoms with Gasteiger partial charge in [0.05, 0.1) is 11.5 Å². The van der Waals surface area contributed by atoms with E-state index < -0.39 is 5.97 Å². The molecule has 0 fully saturated rings. The van der Waals surface area contributed by atoms with E-state index in [1.807, 2.05) is 56.3 Å². The molecule has 0 aliphatic carbocycles. The molecule has 0 saturated heterocycles. The van der Waals surface area contributed by atoms with E-state index >= 15 is 0 Å². The maximum absolute atomic E-state index is 11.4. The molecule has 3 rings (SSSR count). The molecule has 112 valence electrons. The highest BCUT2D eigenvalue weighted by molar-refractivity contribution is 6.04. The van der Waals surface area contributed by atoms with Crippen LogP contribution in [0.2, 0.25) is 0 Å². The highest BCUT2D eigenvalue weighted by Crippen LogP contribution is 2.40. The average molecular weight is 296 g/mol. The summed E-state index contributed by atoms with van der Waals surface area (Å²) >= 11 is 0. The Morgan fingerprint density at radius 1 is 1.09 bits per heavy atom. The second kappa shape index (κ2) is 5.56. The number of fused-ring (bicyclic) bond motifs is 1. The second-order valence-electron chi connectivity index (χ2n) is 5.28. The van der Waals surface area contributed by atoms with Gasteiger partial charge in [-0.3, -0.25) is 0 Å². The normalized spacial score (nSPS) is 11.0. The lowest BCUT2D eigenvalue weighted by atomic mass is 10.0. The summed E-state index contributed by atoms with van der Waals surface area (Å²) in [6.45, 7) is 3.71. The van der Waals surface area contributed by atoms with Gasteiger partial charge >= 0.3 is 5.97 Å². The molecule has 0 unspecified atom stereocenters. The lowest BCUT2D eigenvalue weighted by Gasteiger charge is -2.10. The van der Waals surface area contributed by atoms with Crippen LogP contribution in [0.1, 0.15) is 24.4 Å². The van der Waals surface area contributed by atoms with Gasteiger partial charge in [0.2, 0.25) is 0 Å². The first-order valence-corrected chi connectivity index (χ1v) is 7.09. The van der Waals surface area contributed by atoms with Crippen molar-refractivity contribution in [3.63, 3.8) is 0 Å². The van der Waals surface area contributed by atoms with Crippen LogP contribution in [0.5, 0.6) is 5.75 Å². The Hall–Kier alpha value is -2.75. The van der Waals surface area contributed by atoms with Crippen molar-refractivity contribution in [1.82, 2.24) is 0 Å². The molecule has 0 bridgehead atoms. The van der Waals surface area contributed by atoms with Gasteiger partial charge in [0.1, 0.15) is 5.58 Å². The first kappa shape index (κ1) is 14.2. The molecule has 0 aliphatic rings. The Morgan fingerprint density at radius 3 is 2.45 bits per heavy atom. The first-order chi connectivity index (χ1) is 10.6. The van der Waals surface area contributed by atoms with Crippen molar-refractivity contribution in [3.8, 4) is 16.9 Å². The fourth-order valence-corrected chi connectivity index (χ4v) is 2.47. The minimum atomic E-state index is -1.13. The van der Waals surface area contributed by atoms with Crippen LogP contribution in [-0.4, -0.2) is 17.2 Å². The fraction of sp³-hybridized carbons (Fsp3) is 0.167. The maximum Gasteiger partial charge on any atom is 0.375 e. The van der Waals surface area contributed by atoms with Gasteiger partial charge in [0.25, 0.3) is 5.76 Å². The van der Waals surface area contributed by atoms with E-state index in [0.29, 0.717) is 11.0 Å². The van der Waals surface area contributed by atoms with Crippen molar-refractivity contribution < 1.29 is 19.1 Å². The molecule has 0 atom stereocenters. The zero-order valence-corrected chi connectivity index (χ0v) is 12.4. The highest BCUT2D eigenvalue weighted by Gasteiger charge is 2.24. The lowest BCUT2D eigenvalue weighted by Crippen LogP contribution is -2.08. The predicted molar refractivity (Wildman–Crippen MR) is 84.4 cm³/mol. The van der Waals surface area contributed by atoms with Gasteiger partial charge in [-0.25, -0.2) is 4.79 Å². The predicted octanol–water partition coefficient (Wildman–Crippen LogP) is 4.59. The van der Waals surface area contributed by atoms with Crippen molar-refractivity contribution in [1.29, 1.82) is 0 Å². The first-order valence-electron chi connectivity index (χ1n) is 7.09. The average Bonchev–Trinajstić information content (AvgIpc) is 2.86. The van der Waals surface area contributed by atoms with Crippen molar-refractivity contribution in [3.05, 3.63) is 54.3 Å². The Kier molecular flexibility index (Phi) is 3.59. The Bertz CT molecular complexity index is 816. The molecule has 1 aromatic heterocycles. The van der Waals surface area contributed by atoms with Gasteiger partial charge < -0.3 is 14.3 Å². The van der Waals surface area contributed by atoms with Crippen molar-refractivity contribution in [2.24, 2.45) is 0 Å². The van der Waals surface area contributed by atoms with E-state index in [2.05, 4.69) is 0 Å². The van der Waals surface area contributed by atoms with Crippen LogP contribution in [0.3, 0.4) is 0 Å². The summed E-state index contributed by atoms with van der Waals surface area (Å²) in [5.74, 6) is -1.00. The SMILES string of the molecule is CC(C)Oc1c(C(=O)O)oc2cccc(-c3ccccc3)c12. The van der Waals surface area contributed by atoms with Crippen LogP contribution in [0.15, 0.2) is 52.9 Å². The van der Waals surface area contributed by atoms with Crippen LogP contribution in [0.4, 0.5) is 0 Å². The van der Waals surface area contributed by atoms with E-state index in [1.54, 1.807) is 6.07 Å². The third-order valence-electron chi connectivity index (χ3n) is 3.30. The molecule has 3 aromatic rings. The molecule has 0 spiro atoms. The van der Waals surface area contributed by atoms with Gasteiger partial charge in [-0.05, 0) is 31.0 Å². The van der Waals surface area contributed by atoms with Crippen LogP contribution in [0.25, 0.3) is 22.1 Å². The summed E-state index contributed by atoms with van der Waals surface area (Å²) in [7, 11) is 0. The van der Waals surface area contributed by atoms with Crippen molar-refractivity contribution in [2.45, 2.75) is 20.0 Å². The number of benzene rings is 2. The second-order valence-corrected chi connectivity index (χ2v) is 5.28. The van der Waals surface area contributed by atoms with E-state index in [1.165, 1.54) is 0 Å². The van der Waals surface area contributed by atoms with Crippen molar-refractivity contribution >= 4 is 16.9 Å². The van der Waals surface area contributed by atoms with Crippen LogP contribution < -0.4 is 4.74 Å². The maximum atomic E-state index is 11.4. The smallest absolute Gasteiger partial charge is 0.375 e. The quantitative estimate of drug-likeness (QED) is 0.765. The number of carbonyl (C=O) groups is 1. The Balaban J connectivity index is 2.32. The summed E-state index contributed by atoms with van der Waals surface area (Å²) in [6, 6.07) is 15.3. The van der Waals surface area contributed by atoms with Gasteiger partial charge in [0.15, 0.2) is 5.75 Å². The van der Waals surface area contributed by atoms with E-state index in [-0.39, 0.29) is 17.6 Å². The summed E-state index contributed by atoms with van der Waals surface area (Å²) < 4.78 is 11.2. The molecule has 0 saturated carbocycles. The standard InChI is InChI=1S/C18H16O4/c1-11(2)21-16-15-13(12-7-4-3-5-8-12)9-6-10-14(15)22-17(16)18(19)20/h3-11H,1-2H3,(H,19,20).